The number of anilines is 1. The fourth-order valence-electron chi connectivity index (χ4n) is 2.38. The second kappa shape index (κ2) is 5.44. The lowest BCUT2D eigenvalue weighted by Gasteiger charge is -2.10. The van der Waals surface area contributed by atoms with E-state index in [0.717, 1.165) is 22.2 Å². The SMILES string of the molecule is Cc1ccc(S(=O)(=O)Nc2ccc3[nH]c(C)cc3c2)c(Br)c1. The third kappa shape index (κ3) is 2.89. The number of nitrogens with one attached hydrogen (secondary N) is 2. The van der Waals surface area contributed by atoms with Crippen LogP contribution in [0.15, 0.2) is 51.8 Å². The largest absolute Gasteiger partial charge is 0.359 e. The van der Waals surface area contributed by atoms with E-state index in [9.17, 15) is 8.42 Å². The lowest BCUT2D eigenvalue weighted by atomic mass is 10.2. The number of fused-ring (bicyclic) bond motifs is 1. The van der Waals surface area contributed by atoms with Crippen LogP contribution in [0.1, 0.15) is 11.3 Å². The van der Waals surface area contributed by atoms with Gasteiger partial charge in [-0.25, -0.2) is 8.42 Å². The Hall–Kier alpha value is -1.79. The number of aromatic nitrogens is 1. The van der Waals surface area contributed by atoms with Gasteiger partial charge in [-0.1, -0.05) is 6.07 Å². The minimum absolute atomic E-state index is 0.225. The molecule has 0 bridgehead atoms. The molecule has 0 fully saturated rings. The van der Waals surface area contributed by atoms with Crippen molar-refractivity contribution in [1.82, 2.24) is 4.98 Å². The minimum Gasteiger partial charge on any atom is -0.359 e. The third-order valence-electron chi connectivity index (χ3n) is 3.38. The van der Waals surface area contributed by atoms with Gasteiger partial charge in [-0.2, -0.15) is 0 Å². The van der Waals surface area contributed by atoms with Crippen molar-refractivity contribution in [3.05, 3.63) is 58.2 Å². The molecule has 3 aromatic rings. The molecule has 0 amide bonds. The van der Waals surface area contributed by atoms with E-state index >= 15 is 0 Å². The molecule has 4 nitrogen and oxygen atoms in total. The predicted octanol–water partition coefficient (Wildman–Crippen LogP) is 4.35. The van der Waals surface area contributed by atoms with Gasteiger partial charge in [0, 0.05) is 26.8 Å². The molecule has 0 saturated carbocycles. The van der Waals surface area contributed by atoms with Crippen LogP contribution in [0.25, 0.3) is 10.9 Å². The van der Waals surface area contributed by atoms with Crippen molar-refractivity contribution < 1.29 is 8.42 Å². The van der Waals surface area contributed by atoms with Crippen molar-refractivity contribution in [1.29, 1.82) is 0 Å². The van der Waals surface area contributed by atoms with Gasteiger partial charge in [0.25, 0.3) is 10.0 Å². The number of sulfonamides is 1. The van der Waals surface area contributed by atoms with Crippen molar-refractivity contribution >= 4 is 42.5 Å². The minimum atomic E-state index is -3.63. The van der Waals surface area contributed by atoms with E-state index in [0.29, 0.717) is 10.2 Å². The van der Waals surface area contributed by atoms with E-state index in [1.165, 1.54) is 0 Å². The van der Waals surface area contributed by atoms with Gasteiger partial charge in [0.2, 0.25) is 0 Å². The summed E-state index contributed by atoms with van der Waals surface area (Å²) >= 11 is 3.32. The molecule has 0 spiro atoms. The normalized spacial score (nSPS) is 11.8. The van der Waals surface area contributed by atoms with Gasteiger partial charge in [-0.3, -0.25) is 4.72 Å². The van der Waals surface area contributed by atoms with Crippen LogP contribution in [-0.2, 0) is 10.0 Å². The monoisotopic (exact) mass is 378 g/mol. The molecule has 2 aromatic carbocycles. The van der Waals surface area contributed by atoms with Crippen LogP contribution in [0.3, 0.4) is 0 Å². The van der Waals surface area contributed by atoms with Gasteiger partial charge >= 0.3 is 0 Å². The number of aromatic amines is 1. The fraction of sp³-hybridized carbons (Fsp3) is 0.125. The Bertz CT molecular complexity index is 961. The van der Waals surface area contributed by atoms with E-state index in [2.05, 4.69) is 25.6 Å². The maximum Gasteiger partial charge on any atom is 0.263 e. The van der Waals surface area contributed by atoms with Crippen LogP contribution in [0.2, 0.25) is 0 Å². The molecular formula is C16H15BrN2O2S. The van der Waals surface area contributed by atoms with Crippen molar-refractivity contribution in [2.45, 2.75) is 18.7 Å². The molecule has 0 aliphatic heterocycles. The Morgan fingerprint density at radius 3 is 2.55 bits per heavy atom. The van der Waals surface area contributed by atoms with Crippen LogP contribution < -0.4 is 4.72 Å². The van der Waals surface area contributed by atoms with Gasteiger partial charge in [0.15, 0.2) is 0 Å². The zero-order chi connectivity index (χ0) is 15.9. The predicted molar refractivity (Wildman–Crippen MR) is 92.7 cm³/mol. The molecule has 114 valence electrons. The molecule has 0 unspecified atom stereocenters. The zero-order valence-corrected chi connectivity index (χ0v) is 14.5. The molecule has 0 aliphatic carbocycles. The molecule has 2 N–H and O–H groups in total. The van der Waals surface area contributed by atoms with Gasteiger partial charge < -0.3 is 4.98 Å². The summed E-state index contributed by atoms with van der Waals surface area (Å²) in [6.07, 6.45) is 0. The summed E-state index contributed by atoms with van der Waals surface area (Å²) < 4.78 is 28.2. The molecule has 6 heteroatoms. The Kier molecular flexibility index (Phi) is 3.74. The molecule has 0 atom stereocenters. The van der Waals surface area contributed by atoms with Crippen molar-refractivity contribution in [3.63, 3.8) is 0 Å². The smallest absolute Gasteiger partial charge is 0.263 e. The Morgan fingerprint density at radius 1 is 1.05 bits per heavy atom. The first-order chi connectivity index (χ1) is 10.3. The molecule has 0 saturated heterocycles. The highest BCUT2D eigenvalue weighted by molar-refractivity contribution is 9.10. The Balaban J connectivity index is 1.98. The maximum atomic E-state index is 12.5. The Labute approximate surface area is 137 Å². The van der Waals surface area contributed by atoms with Crippen molar-refractivity contribution in [3.8, 4) is 0 Å². The second-order valence-corrected chi connectivity index (χ2v) is 7.80. The first kappa shape index (κ1) is 15.1. The number of rotatable bonds is 3. The van der Waals surface area contributed by atoms with E-state index in [1.54, 1.807) is 24.3 Å². The summed E-state index contributed by atoms with van der Waals surface area (Å²) in [5.74, 6) is 0. The summed E-state index contributed by atoms with van der Waals surface area (Å²) in [5, 5.41) is 0.973. The number of benzene rings is 2. The number of halogens is 1. The molecule has 0 radical (unpaired) electrons. The van der Waals surface area contributed by atoms with E-state index in [4.69, 9.17) is 0 Å². The highest BCUT2D eigenvalue weighted by Crippen LogP contribution is 2.26. The van der Waals surface area contributed by atoms with Gasteiger partial charge in [-0.05, 0) is 71.7 Å². The molecule has 1 heterocycles. The van der Waals surface area contributed by atoms with Gasteiger partial charge in [0.05, 0.1) is 0 Å². The number of hydrogen-bond acceptors (Lipinski definition) is 2. The van der Waals surface area contributed by atoms with Gasteiger partial charge in [0.1, 0.15) is 4.90 Å². The first-order valence-corrected chi connectivity index (χ1v) is 9.01. The fourth-order valence-corrected chi connectivity index (χ4v) is 4.62. The maximum absolute atomic E-state index is 12.5. The standard InChI is InChI=1S/C16H15BrN2O2S/c1-10-3-6-16(14(17)7-10)22(20,21)19-13-4-5-15-12(9-13)8-11(2)18-15/h3-9,18-19H,1-2H3. The van der Waals surface area contributed by atoms with E-state index in [1.807, 2.05) is 32.0 Å². The summed E-state index contributed by atoms with van der Waals surface area (Å²) in [6, 6.07) is 12.6. The highest BCUT2D eigenvalue weighted by Gasteiger charge is 2.18. The lowest BCUT2D eigenvalue weighted by molar-refractivity contribution is 0.601. The van der Waals surface area contributed by atoms with Gasteiger partial charge in [-0.15, -0.1) is 0 Å². The third-order valence-corrected chi connectivity index (χ3v) is 5.74. The van der Waals surface area contributed by atoms with E-state index < -0.39 is 10.0 Å². The number of hydrogen-bond donors (Lipinski definition) is 2. The molecular weight excluding hydrogens is 364 g/mol. The molecule has 3 rings (SSSR count). The van der Waals surface area contributed by atoms with Crippen LogP contribution in [0.5, 0.6) is 0 Å². The van der Waals surface area contributed by atoms with Crippen molar-refractivity contribution in [2.75, 3.05) is 4.72 Å². The van der Waals surface area contributed by atoms with E-state index in [-0.39, 0.29) is 4.90 Å². The summed E-state index contributed by atoms with van der Waals surface area (Å²) in [7, 11) is -3.63. The highest BCUT2D eigenvalue weighted by atomic mass is 79.9. The quantitative estimate of drug-likeness (QED) is 0.711. The van der Waals surface area contributed by atoms with Crippen LogP contribution in [0.4, 0.5) is 5.69 Å². The summed E-state index contributed by atoms with van der Waals surface area (Å²) in [4.78, 5) is 3.44. The Morgan fingerprint density at radius 2 is 1.82 bits per heavy atom. The van der Waals surface area contributed by atoms with Crippen LogP contribution in [-0.4, -0.2) is 13.4 Å². The number of H-pyrrole nitrogens is 1. The average Bonchev–Trinajstić information content (AvgIpc) is 2.77. The summed E-state index contributed by atoms with van der Waals surface area (Å²) in [5.41, 5.74) is 3.56. The second-order valence-electron chi connectivity index (χ2n) is 5.29. The molecule has 0 aliphatic rings. The first-order valence-electron chi connectivity index (χ1n) is 6.73. The summed E-state index contributed by atoms with van der Waals surface area (Å²) in [6.45, 7) is 3.88. The zero-order valence-electron chi connectivity index (χ0n) is 12.1. The molecule has 1 aromatic heterocycles. The van der Waals surface area contributed by atoms with Crippen LogP contribution in [0, 0.1) is 13.8 Å². The number of aryl methyl sites for hydroxylation is 2. The average molecular weight is 379 g/mol. The topological polar surface area (TPSA) is 62.0 Å². The van der Waals surface area contributed by atoms with Crippen LogP contribution >= 0.6 is 15.9 Å². The molecule has 22 heavy (non-hydrogen) atoms. The lowest BCUT2D eigenvalue weighted by Crippen LogP contribution is -2.13. The van der Waals surface area contributed by atoms with Crippen molar-refractivity contribution in [2.24, 2.45) is 0 Å².